The number of ether oxygens (including phenoxy) is 2. The lowest BCUT2D eigenvalue weighted by Crippen LogP contribution is -2.27. The molecule has 3 aromatic rings. The smallest absolute Gasteiger partial charge is 0.338 e. The number of furan rings is 1. The van der Waals surface area contributed by atoms with Gasteiger partial charge < -0.3 is 24.5 Å². The Morgan fingerprint density at radius 3 is 2.64 bits per heavy atom. The predicted molar refractivity (Wildman–Crippen MR) is 118 cm³/mol. The summed E-state index contributed by atoms with van der Waals surface area (Å²) in [5, 5.41) is 5.32. The Kier molecular flexibility index (Phi) is 5.95. The summed E-state index contributed by atoms with van der Waals surface area (Å²) in [6.45, 7) is 3.15. The number of Topliss-reactive ketones (excluding diaryl/α,β-unsaturated/α-hetero) is 1. The molecular weight excluding hydrogens is 428 g/mol. The maximum Gasteiger partial charge on any atom is 0.338 e. The third kappa shape index (κ3) is 4.77. The van der Waals surface area contributed by atoms with E-state index in [1.54, 1.807) is 31.2 Å². The molecule has 168 valence electrons. The van der Waals surface area contributed by atoms with Crippen LogP contribution in [0.5, 0.6) is 5.75 Å². The number of fused-ring (bicyclic) bond motifs is 1. The summed E-state index contributed by atoms with van der Waals surface area (Å²) in [7, 11) is 0. The molecule has 0 fully saturated rings. The molecule has 0 aliphatic carbocycles. The lowest BCUT2D eigenvalue weighted by Gasteiger charge is -2.19. The number of carbonyl (C=O) groups is 4. The normalized spacial score (nSPS) is 13.2. The summed E-state index contributed by atoms with van der Waals surface area (Å²) < 4.78 is 15.7. The average Bonchev–Trinajstić information content (AvgIpc) is 3.34. The van der Waals surface area contributed by atoms with Gasteiger partial charge in [-0.1, -0.05) is 6.07 Å². The fraction of sp³-hybridized carbons (Fsp3) is 0.167. The number of nitrogens with one attached hydrogen (secondary N) is 2. The third-order valence-electron chi connectivity index (χ3n) is 5.02. The number of amides is 2. The number of esters is 1. The minimum Gasteiger partial charge on any atom is -0.482 e. The minimum atomic E-state index is -1.08. The van der Waals surface area contributed by atoms with Crippen LogP contribution in [0.2, 0.25) is 0 Å². The van der Waals surface area contributed by atoms with Gasteiger partial charge in [-0.3, -0.25) is 14.4 Å². The van der Waals surface area contributed by atoms with Crippen LogP contribution in [0.3, 0.4) is 0 Å². The zero-order valence-corrected chi connectivity index (χ0v) is 17.8. The van der Waals surface area contributed by atoms with Gasteiger partial charge in [-0.15, -0.1) is 0 Å². The van der Waals surface area contributed by atoms with Crippen molar-refractivity contribution in [3.8, 4) is 5.75 Å². The third-order valence-corrected chi connectivity index (χ3v) is 5.02. The molecule has 1 atom stereocenters. The molecule has 9 heteroatoms. The number of rotatable bonds is 6. The number of ketones is 1. The Labute approximate surface area is 188 Å². The van der Waals surface area contributed by atoms with Gasteiger partial charge in [0.15, 0.2) is 18.5 Å². The van der Waals surface area contributed by atoms with Crippen LogP contribution in [0, 0.1) is 6.92 Å². The summed E-state index contributed by atoms with van der Waals surface area (Å²) in [5.41, 5.74) is 1.95. The van der Waals surface area contributed by atoms with Gasteiger partial charge in [0.1, 0.15) is 5.75 Å². The Morgan fingerprint density at radius 1 is 1.09 bits per heavy atom. The van der Waals surface area contributed by atoms with Crippen molar-refractivity contribution in [2.45, 2.75) is 20.0 Å². The molecule has 2 aromatic carbocycles. The first-order chi connectivity index (χ1) is 15.8. The maximum absolute atomic E-state index is 12.8. The largest absolute Gasteiger partial charge is 0.482 e. The molecule has 2 amide bonds. The van der Waals surface area contributed by atoms with E-state index in [1.807, 2.05) is 0 Å². The molecule has 1 aliphatic rings. The van der Waals surface area contributed by atoms with Crippen LogP contribution in [0.4, 0.5) is 11.4 Å². The standard InChI is InChI=1S/C24H20N2O7/c1-13-5-6-16(11-17(13)26-23(29)20-4-3-9-31-20)24(30)33-14(2)22(28)15-7-8-19-18(10-15)25-21(27)12-32-19/h3-11,14H,12H2,1-2H3,(H,25,27)(H,26,29)/t14-/m1/s1. The van der Waals surface area contributed by atoms with Gasteiger partial charge >= 0.3 is 5.97 Å². The molecule has 1 aliphatic heterocycles. The van der Waals surface area contributed by atoms with E-state index in [-0.39, 0.29) is 29.4 Å². The molecule has 0 saturated carbocycles. The highest BCUT2D eigenvalue weighted by Crippen LogP contribution is 2.29. The first-order valence-electron chi connectivity index (χ1n) is 10.1. The highest BCUT2D eigenvalue weighted by atomic mass is 16.5. The Bertz CT molecular complexity index is 1250. The molecule has 0 saturated heterocycles. The van der Waals surface area contributed by atoms with E-state index in [2.05, 4.69) is 10.6 Å². The van der Waals surface area contributed by atoms with E-state index in [0.717, 1.165) is 5.56 Å². The van der Waals surface area contributed by atoms with Gasteiger partial charge in [-0.2, -0.15) is 0 Å². The van der Waals surface area contributed by atoms with E-state index >= 15 is 0 Å². The second-order valence-electron chi connectivity index (χ2n) is 7.42. The number of aryl methyl sites for hydroxylation is 1. The number of hydrogen-bond donors (Lipinski definition) is 2. The fourth-order valence-electron chi connectivity index (χ4n) is 3.23. The number of benzene rings is 2. The second kappa shape index (κ2) is 8.99. The van der Waals surface area contributed by atoms with Crippen LogP contribution in [-0.2, 0) is 9.53 Å². The van der Waals surface area contributed by atoms with Crippen molar-refractivity contribution in [2.75, 3.05) is 17.2 Å². The zero-order valence-electron chi connectivity index (χ0n) is 17.8. The number of anilines is 2. The van der Waals surface area contributed by atoms with Gasteiger partial charge in [0.2, 0.25) is 5.78 Å². The minimum absolute atomic E-state index is 0.0885. The molecule has 0 spiro atoms. The molecule has 2 heterocycles. The van der Waals surface area contributed by atoms with Crippen molar-refractivity contribution in [3.63, 3.8) is 0 Å². The summed E-state index contributed by atoms with van der Waals surface area (Å²) in [6.07, 6.45) is 0.301. The van der Waals surface area contributed by atoms with Crippen molar-refractivity contribution in [3.05, 3.63) is 77.2 Å². The van der Waals surface area contributed by atoms with Gasteiger partial charge in [0, 0.05) is 11.3 Å². The molecule has 0 bridgehead atoms. The van der Waals surface area contributed by atoms with Gasteiger partial charge in [0.25, 0.3) is 11.8 Å². The summed E-state index contributed by atoms with van der Waals surface area (Å²) in [5.74, 6) is -1.35. The highest BCUT2D eigenvalue weighted by Gasteiger charge is 2.24. The Hall–Kier alpha value is -4.40. The topological polar surface area (TPSA) is 124 Å². The molecule has 2 N–H and O–H groups in total. The average molecular weight is 448 g/mol. The Morgan fingerprint density at radius 2 is 1.88 bits per heavy atom. The van der Waals surface area contributed by atoms with Gasteiger partial charge in [-0.05, 0) is 61.9 Å². The number of carbonyl (C=O) groups excluding carboxylic acids is 4. The van der Waals surface area contributed by atoms with E-state index in [4.69, 9.17) is 13.9 Å². The summed E-state index contributed by atoms with van der Waals surface area (Å²) >= 11 is 0. The number of hydrogen-bond acceptors (Lipinski definition) is 7. The Balaban J connectivity index is 1.45. The molecule has 0 radical (unpaired) electrons. The SMILES string of the molecule is Cc1ccc(C(=O)O[C@H](C)C(=O)c2ccc3c(c2)NC(=O)CO3)cc1NC(=O)c1ccco1. The molecular formula is C24H20N2O7. The van der Waals surface area contributed by atoms with Crippen LogP contribution in [0.25, 0.3) is 0 Å². The summed E-state index contributed by atoms with van der Waals surface area (Å²) in [4.78, 5) is 49.2. The molecule has 33 heavy (non-hydrogen) atoms. The van der Waals surface area contributed by atoms with Crippen molar-refractivity contribution in [1.82, 2.24) is 0 Å². The highest BCUT2D eigenvalue weighted by molar-refractivity contribution is 6.05. The second-order valence-corrected chi connectivity index (χ2v) is 7.42. The molecule has 4 rings (SSSR count). The predicted octanol–water partition coefficient (Wildman–Crippen LogP) is 3.60. The van der Waals surface area contributed by atoms with Crippen molar-refractivity contribution < 1.29 is 33.1 Å². The van der Waals surface area contributed by atoms with E-state index in [9.17, 15) is 19.2 Å². The van der Waals surface area contributed by atoms with Crippen molar-refractivity contribution >= 4 is 34.9 Å². The zero-order chi connectivity index (χ0) is 23.5. The first-order valence-corrected chi connectivity index (χ1v) is 10.1. The van der Waals surface area contributed by atoms with Crippen LogP contribution in [0.15, 0.2) is 59.2 Å². The molecule has 9 nitrogen and oxygen atoms in total. The van der Waals surface area contributed by atoms with E-state index in [0.29, 0.717) is 17.1 Å². The van der Waals surface area contributed by atoms with E-state index < -0.39 is 23.8 Å². The maximum atomic E-state index is 12.8. The van der Waals surface area contributed by atoms with Crippen LogP contribution >= 0.6 is 0 Å². The first kappa shape index (κ1) is 21.8. The monoisotopic (exact) mass is 448 g/mol. The molecule has 1 aromatic heterocycles. The van der Waals surface area contributed by atoms with Crippen LogP contribution in [-0.4, -0.2) is 36.3 Å². The fourth-order valence-corrected chi connectivity index (χ4v) is 3.23. The van der Waals surface area contributed by atoms with Gasteiger partial charge in [0.05, 0.1) is 17.5 Å². The quantitative estimate of drug-likeness (QED) is 0.436. The van der Waals surface area contributed by atoms with Crippen LogP contribution in [0.1, 0.15) is 43.8 Å². The molecule has 0 unspecified atom stereocenters. The lowest BCUT2D eigenvalue weighted by molar-refractivity contribution is -0.118. The lowest BCUT2D eigenvalue weighted by atomic mass is 10.1. The van der Waals surface area contributed by atoms with Crippen molar-refractivity contribution in [1.29, 1.82) is 0 Å². The summed E-state index contributed by atoms with van der Waals surface area (Å²) in [6, 6.07) is 12.4. The van der Waals surface area contributed by atoms with Crippen molar-refractivity contribution in [2.24, 2.45) is 0 Å². The van der Waals surface area contributed by atoms with Gasteiger partial charge in [-0.25, -0.2) is 4.79 Å². The van der Waals surface area contributed by atoms with Crippen LogP contribution < -0.4 is 15.4 Å². The van der Waals surface area contributed by atoms with E-state index in [1.165, 1.54) is 37.5 Å².